The second kappa shape index (κ2) is 9.53. The maximum atomic E-state index is 12.6. The fourth-order valence-electron chi connectivity index (χ4n) is 2.93. The Hall–Kier alpha value is -3.52. The predicted molar refractivity (Wildman–Crippen MR) is 119 cm³/mol. The maximum absolute atomic E-state index is 12.6. The van der Waals surface area contributed by atoms with Gasteiger partial charge in [0.2, 0.25) is 0 Å². The van der Waals surface area contributed by atoms with Gasteiger partial charge in [-0.05, 0) is 60.5 Å². The van der Waals surface area contributed by atoms with Crippen molar-refractivity contribution < 1.29 is 22.7 Å². The van der Waals surface area contributed by atoms with E-state index in [9.17, 15) is 13.2 Å². The quantitative estimate of drug-likeness (QED) is 0.557. The molecule has 0 aromatic heterocycles. The summed E-state index contributed by atoms with van der Waals surface area (Å²) in [4.78, 5) is 12.6. The summed E-state index contributed by atoms with van der Waals surface area (Å²) in [7, 11) is -0.646. The van der Waals surface area contributed by atoms with Crippen LogP contribution in [0, 0.1) is 6.92 Å². The lowest BCUT2D eigenvalue weighted by Gasteiger charge is -2.11. The molecule has 3 aromatic carbocycles. The van der Waals surface area contributed by atoms with Crippen LogP contribution in [-0.2, 0) is 16.6 Å². The standard InChI is InChI=1S/C23H24N2O5S/c1-16-6-4-5-7-22(16)25-31(27,28)21-10-8-18(9-11-21)23(26)24-15-17-12-19(29-2)14-20(13-17)30-3/h4-14,25H,15H2,1-3H3,(H,24,26). The zero-order valence-corrected chi connectivity index (χ0v) is 18.3. The molecule has 31 heavy (non-hydrogen) atoms. The van der Waals surface area contributed by atoms with Gasteiger partial charge in [0.25, 0.3) is 15.9 Å². The third-order valence-corrected chi connectivity index (χ3v) is 6.06. The molecule has 2 N–H and O–H groups in total. The highest BCUT2D eigenvalue weighted by atomic mass is 32.2. The Labute approximate surface area is 182 Å². The number of ether oxygens (including phenoxy) is 2. The first-order chi connectivity index (χ1) is 14.8. The van der Waals surface area contributed by atoms with E-state index in [0.717, 1.165) is 11.1 Å². The molecule has 0 heterocycles. The van der Waals surface area contributed by atoms with Gasteiger partial charge in [-0.25, -0.2) is 8.42 Å². The van der Waals surface area contributed by atoms with Gasteiger partial charge in [-0.2, -0.15) is 0 Å². The van der Waals surface area contributed by atoms with E-state index in [1.807, 2.05) is 19.1 Å². The van der Waals surface area contributed by atoms with Crippen LogP contribution in [0.2, 0.25) is 0 Å². The average Bonchev–Trinajstić information content (AvgIpc) is 2.78. The molecule has 0 aliphatic heterocycles. The van der Waals surface area contributed by atoms with E-state index in [4.69, 9.17) is 9.47 Å². The summed E-state index contributed by atoms with van der Waals surface area (Å²) >= 11 is 0. The monoisotopic (exact) mass is 440 g/mol. The number of rotatable bonds is 8. The first-order valence-electron chi connectivity index (χ1n) is 9.51. The zero-order valence-electron chi connectivity index (χ0n) is 17.5. The van der Waals surface area contributed by atoms with Gasteiger partial charge in [0, 0.05) is 18.2 Å². The molecule has 0 radical (unpaired) electrons. The summed E-state index contributed by atoms with van der Waals surface area (Å²) in [6.45, 7) is 2.09. The highest BCUT2D eigenvalue weighted by Crippen LogP contribution is 2.23. The Morgan fingerprint density at radius 1 is 0.903 bits per heavy atom. The summed E-state index contributed by atoms with van der Waals surface area (Å²) in [6.07, 6.45) is 0. The molecule has 0 aliphatic carbocycles. The number of anilines is 1. The highest BCUT2D eigenvalue weighted by Gasteiger charge is 2.16. The van der Waals surface area contributed by atoms with Crippen LogP contribution < -0.4 is 19.5 Å². The smallest absolute Gasteiger partial charge is 0.261 e. The molecule has 0 unspecified atom stereocenters. The van der Waals surface area contributed by atoms with Gasteiger partial charge in [0.15, 0.2) is 0 Å². The molecule has 0 fully saturated rings. The summed E-state index contributed by atoms with van der Waals surface area (Å²) in [5, 5.41) is 2.81. The second-order valence-corrected chi connectivity index (χ2v) is 8.53. The molecule has 3 rings (SSSR count). The van der Waals surface area contributed by atoms with Crippen LogP contribution in [0.3, 0.4) is 0 Å². The number of carbonyl (C=O) groups excluding carboxylic acids is 1. The van der Waals surface area contributed by atoms with E-state index in [0.29, 0.717) is 22.7 Å². The molecule has 0 atom stereocenters. The van der Waals surface area contributed by atoms with Gasteiger partial charge in [-0.3, -0.25) is 9.52 Å². The number of para-hydroxylation sites is 1. The molecule has 0 saturated carbocycles. The highest BCUT2D eigenvalue weighted by molar-refractivity contribution is 7.92. The molecule has 162 valence electrons. The third kappa shape index (κ3) is 5.55. The minimum absolute atomic E-state index is 0.0739. The van der Waals surface area contributed by atoms with Gasteiger partial charge in [0.1, 0.15) is 11.5 Å². The number of amides is 1. The SMILES string of the molecule is COc1cc(CNC(=O)c2ccc(S(=O)(=O)Nc3ccccc3C)cc2)cc(OC)c1. The minimum Gasteiger partial charge on any atom is -0.497 e. The van der Waals surface area contributed by atoms with Crippen LogP contribution in [0.5, 0.6) is 11.5 Å². The molecule has 8 heteroatoms. The lowest BCUT2D eigenvalue weighted by atomic mass is 10.1. The first kappa shape index (κ1) is 22.2. The van der Waals surface area contributed by atoms with Crippen molar-refractivity contribution in [1.82, 2.24) is 5.32 Å². The summed E-state index contributed by atoms with van der Waals surface area (Å²) in [5.74, 6) is 0.927. The molecule has 0 spiro atoms. The molecule has 0 bridgehead atoms. The van der Waals surface area contributed by atoms with Crippen LogP contribution in [0.1, 0.15) is 21.5 Å². The number of aryl methyl sites for hydroxylation is 1. The van der Waals surface area contributed by atoms with E-state index < -0.39 is 10.0 Å². The van der Waals surface area contributed by atoms with Gasteiger partial charge in [-0.1, -0.05) is 18.2 Å². The van der Waals surface area contributed by atoms with Crippen molar-refractivity contribution >= 4 is 21.6 Å². The summed E-state index contributed by atoms with van der Waals surface area (Å²) in [5.41, 5.74) is 2.49. The molecular weight excluding hydrogens is 416 g/mol. The Balaban J connectivity index is 1.68. The topological polar surface area (TPSA) is 93.7 Å². The largest absolute Gasteiger partial charge is 0.497 e. The van der Waals surface area contributed by atoms with Crippen molar-refractivity contribution in [2.75, 3.05) is 18.9 Å². The molecule has 0 aliphatic rings. The molecule has 7 nitrogen and oxygen atoms in total. The van der Waals surface area contributed by atoms with Gasteiger partial charge < -0.3 is 14.8 Å². The van der Waals surface area contributed by atoms with Gasteiger partial charge in [-0.15, -0.1) is 0 Å². The number of hydrogen-bond donors (Lipinski definition) is 2. The molecule has 3 aromatic rings. The number of carbonyl (C=O) groups is 1. The Bertz CT molecular complexity index is 1150. The molecule has 0 saturated heterocycles. The van der Waals surface area contributed by atoms with Gasteiger partial charge >= 0.3 is 0 Å². The van der Waals surface area contributed by atoms with Crippen LogP contribution >= 0.6 is 0 Å². The number of methoxy groups -OCH3 is 2. The van der Waals surface area contributed by atoms with Crippen molar-refractivity contribution in [3.05, 3.63) is 83.4 Å². The van der Waals surface area contributed by atoms with E-state index in [1.165, 1.54) is 24.3 Å². The minimum atomic E-state index is -3.76. The normalized spacial score (nSPS) is 10.9. The maximum Gasteiger partial charge on any atom is 0.261 e. The van der Waals surface area contributed by atoms with Crippen LogP contribution in [-0.4, -0.2) is 28.5 Å². The van der Waals surface area contributed by atoms with Crippen molar-refractivity contribution in [3.63, 3.8) is 0 Å². The Morgan fingerprint density at radius 2 is 1.52 bits per heavy atom. The lowest BCUT2D eigenvalue weighted by Crippen LogP contribution is -2.23. The number of sulfonamides is 1. The lowest BCUT2D eigenvalue weighted by molar-refractivity contribution is 0.0950. The summed E-state index contributed by atoms with van der Waals surface area (Å²) in [6, 6.07) is 18.2. The molecule has 1 amide bonds. The van der Waals surface area contributed by atoms with Crippen molar-refractivity contribution in [2.24, 2.45) is 0 Å². The van der Waals surface area contributed by atoms with Crippen molar-refractivity contribution in [1.29, 1.82) is 0 Å². The summed E-state index contributed by atoms with van der Waals surface area (Å²) < 4.78 is 38.3. The number of hydrogen-bond acceptors (Lipinski definition) is 5. The Kier molecular flexibility index (Phi) is 6.81. The van der Waals surface area contributed by atoms with E-state index in [1.54, 1.807) is 44.6 Å². The van der Waals surface area contributed by atoms with E-state index >= 15 is 0 Å². The third-order valence-electron chi connectivity index (χ3n) is 4.68. The number of nitrogens with one attached hydrogen (secondary N) is 2. The van der Waals surface area contributed by atoms with Crippen LogP contribution in [0.15, 0.2) is 71.6 Å². The second-order valence-electron chi connectivity index (χ2n) is 6.85. The average molecular weight is 441 g/mol. The molecular formula is C23H24N2O5S. The number of benzene rings is 3. The van der Waals surface area contributed by atoms with Crippen molar-refractivity contribution in [3.8, 4) is 11.5 Å². The predicted octanol–water partition coefficient (Wildman–Crippen LogP) is 3.74. The zero-order chi connectivity index (χ0) is 22.4. The first-order valence-corrected chi connectivity index (χ1v) is 11.0. The van der Waals surface area contributed by atoms with E-state index in [2.05, 4.69) is 10.0 Å². The van der Waals surface area contributed by atoms with Gasteiger partial charge in [0.05, 0.1) is 24.8 Å². The fraction of sp³-hybridized carbons (Fsp3) is 0.174. The Morgan fingerprint density at radius 3 is 2.10 bits per heavy atom. The van der Waals surface area contributed by atoms with E-state index in [-0.39, 0.29) is 17.3 Å². The van der Waals surface area contributed by atoms with Crippen LogP contribution in [0.25, 0.3) is 0 Å². The fourth-order valence-corrected chi connectivity index (χ4v) is 4.06. The van der Waals surface area contributed by atoms with Crippen LogP contribution in [0.4, 0.5) is 5.69 Å². The van der Waals surface area contributed by atoms with Crippen molar-refractivity contribution in [2.45, 2.75) is 18.4 Å².